The van der Waals surface area contributed by atoms with Gasteiger partial charge in [-0.1, -0.05) is 24.6 Å². The Morgan fingerprint density at radius 2 is 2.15 bits per heavy atom. The third-order valence-electron chi connectivity index (χ3n) is 4.11. The van der Waals surface area contributed by atoms with E-state index in [0.717, 1.165) is 25.7 Å². The van der Waals surface area contributed by atoms with E-state index < -0.39 is 17.3 Å². The molecule has 110 valence electrons. The highest BCUT2D eigenvalue weighted by atomic mass is 35.5. The van der Waals surface area contributed by atoms with Crippen LogP contribution in [0.2, 0.25) is 5.02 Å². The quantitative estimate of drug-likeness (QED) is 0.901. The molecule has 0 heterocycles. The lowest BCUT2D eigenvalue weighted by atomic mass is 9.77. The van der Waals surface area contributed by atoms with E-state index in [2.05, 4.69) is 12.2 Å². The van der Waals surface area contributed by atoms with Crippen molar-refractivity contribution in [3.63, 3.8) is 0 Å². The molecular formula is C15H19ClFNO2. The van der Waals surface area contributed by atoms with E-state index in [9.17, 15) is 14.3 Å². The number of amides is 1. The third kappa shape index (κ3) is 3.13. The van der Waals surface area contributed by atoms with Crippen LogP contribution >= 0.6 is 11.6 Å². The number of hydrogen-bond acceptors (Lipinski definition) is 2. The largest absolute Gasteiger partial charge is 0.394 e. The van der Waals surface area contributed by atoms with Gasteiger partial charge in [0.15, 0.2) is 0 Å². The second kappa shape index (κ2) is 6.10. The van der Waals surface area contributed by atoms with Gasteiger partial charge in [-0.2, -0.15) is 0 Å². The van der Waals surface area contributed by atoms with Crippen molar-refractivity contribution in [3.8, 4) is 0 Å². The Labute approximate surface area is 123 Å². The van der Waals surface area contributed by atoms with Crippen molar-refractivity contribution in [2.24, 2.45) is 5.92 Å². The summed E-state index contributed by atoms with van der Waals surface area (Å²) in [6.45, 7) is 2.05. The average molecular weight is 300 g/mol. The van der Waals surface area contributed by atoms with Crippen LogP contribution in [-0.2, 0) is 0 Å². The van der Waals surface area contributed by atoms with Gasteiger partial charge in [0.05, 0.1) is 22.7 Å². The van der Waals surface area contributed by atoms with Gasteiger partial charge in [-0.3, -0.25) is 4.79 Å². The molecule has 2 N–H and O–H groups in total. The number of nitrogens with one attached hydrogen (secondary N) is 1. The fourth-order valence-electron chi connectivity index (χ4n) is 2.62. The molecule has 0 aromatic heterocycles. The van der Waals surface area contributed by atoms with E-state index in [4.69, 9.17) is 11.6 Å². The molecule has 0 unspecified atom stereocenters. The number of benzene rings is 1. The Hall–Kier alpha value is -1.13. The zero-order valence-electron chi connectivity index (χ0n) is 11.5. The van der Waals surface area contributed by atoms with E-state index >= 15 is 0 Å². The average Bonchev–Trinajstić information content (AvgIpc) is 2.44. The first-order valence-corrected chi connectivity index (χ1v) is 7.22. The molecule has 1 aliphatic rings. The second-order valence-electron chi connectivity index (χ2n) is 5.68. The van der Waals surface area contributed by atoms with Gasteiger partial charge in [-0.25, -0.2) is 4.39 Å². The summed E-state index contributed by atoms with van der Waals surface area (Å²) in [7, 11) is 0. The number of aliphatic hydroxyl groups is 1. The summed E-state index contributed by atoms with van der Waals surface area (Å²) in [5, 5.41) is 12.3. The van der Waals surface area contributed by atoms with Gasteiger partial charge in [-0.15, -0.1) is 0 Å². The summed E-state index contributed by atoms with van der Waals surface area (Å²) in [5.41, 5.74) is -0.503. The molecule has 0 radical (unpaired) electrons. The summed E-state index contributed by atoms with van der Waals surface area (Å²) >= 11 is 5.82. The molecule has 2 rings (SSSR count). The SMILES string of the molecule is CC1CCC(CO)(NC(=O)c2cccc(F)c2Cl)CC1. The molecule has 0 saturated heterocycles. The van der Waals surface area contributed by atoms with Crippen LogP contribution in [-0.4, -0.2) is 23.2 Å². The summed E-state index contributed by atoms with van der Waals surface area (Å²) < 4.78 is 13.4. The topological polar surface area (TPSA) is 49.3 Å². The lowest BCUT2D eigenvalue weighted by Crippen LogP contribution is -2.53. The Morgan fingerprint density at radius 1 is 1.50 bits per heavy atom. The van der Waals surface area contributed by atoms with E-state index in [1.165, 1.54) is 18.2 Å². The lowest BCUT2D eigenvalue weighted by molar-refractivity contribution is 0.0717. The fraction of sp³-hybridized carbons (Fsp3) is 0.533. The molecule has 0 aliphatic heterocycles. The van der Waals surface area contributed by atoms with E-state index in [1.807, 2.05) is 0 Å². The van der Waals surface area contributed by atoms with Crippen LogP contribution in [0.1, 0.15) is 43.0 Å². The van der Waals surface area contributed by atoms with Crippen molar-refractivity contribution in [1.82, 2.24) is 5.32 Å². The molecule has 0 spiro atoms. The number of carbonyl (C=O) groups excluding carboxylic acids is 1. The van der Waals surface area contributed by atoms with Crippen molar-refractivity contribution in [1.29, 1.82) is 0 Å². The number of rotatable bonds is 3. The molecule has 3 nitrogen and oxygen atoms in total. The van der Waals surface area contributed by atoms with E-state index in [1.54, 1.807) is 0 Å². The maximum atomic E-state index is 13.4. The first kappa shape index (κ1) is 15.3. The highest BCUT2D eigenvalue weighted by molar-refractivity contribution is 6.34. The zero-order valence-corrected chi connectivity index (χ0v) is 12.2. The van der Waals surface area contributed by atoms with Crippen molar-refractivity contribution in [2.75, 3.05) is 6.61 Å². The van der Waals surface area contributed by atoms with Gasteiger partial charge in [0, 0.05) is 0 Å². The van der Waals surface area contributed by atoms with Crippen LogP contribution in [0.5, 0.6) is 0 Å². The monoisotopic (exact) mass is 299 g/mol. The van der Waals surface area contributed by atoms with Crippen LogP contribution < -0.4 is 5.32 Å². The van der Waals surface area contributed by atoms with Gasteiger partial charge in [-0.05, 0) is 43.7 Å². The number of carbonyl (C=O) groups is 1. The predicted molar refractivity (Wildman–Crippen MR) is 76.3 cm³/mol. The molecule has 1 fully saturated rings. The van der Waals surface area contributed by atoms with Gasteiger partial charge >= 0.3 is 0 Å². The Morgan fingerprint density at radius 3 is 2.75 bits per heavy atom. The Bertz CT molecular complexity index is 499. The van der Waals surface area contributed by atoms with Crippen LogP contribution in [0.3, 0.4) is 0 Å². The summed E-state index contributed by atoms with van der Waals surface area (Å²) in [6.07, 6.45) is 3.36. The molecule has 1 aromatic rings. The fourth-order valence-corrected chi connectivity index (χ4v) is 2.84. The molecule has 1 saturated carbocycles. The highest BCUT2D eigenvalue weighted by Crippen LogP contribution is 2.32. The smallest absolute Gasteiger partial charge is 0.253 e. The van der Waals surface area contributed by atoms with Crippen LogP contribution in [0, 0.1) is 11.7 Å². The van der Waals surface area contributed by atoms with Crippen LogP contribution in [0.25, 0.3) is 0 Å². The lowest BCUT2D eigenvalue weighted by Gasteiger charge is -2.38. The van der Waals surface area contributed by atoms with Gasteiger partial charge in [0.1, 0.15) is 5.82 Å². The summed E-state index contributed by atoms with van der Waals surface area (Å²) in [4.78, 5) is 12.3. The minimum Gasteiger partial charge on any atom is -0.394 e. The third-order valence-corrected chi connectivity index (χ3v) is 4.49. The van der Waals surface area contributed by atoms with Crippen molar-refractivity contribution < 1.29 is 14.3 Å². The Kier molecular flexibility index (Phi) is 4.66. The first-order chi connectivity index (χ1) is 9.47. The van der Waals surface area contributed by atoms with Gasteiger partial charge in [0.2, 0.25) is 0 Å². The van der Waals surface area contributed by atoms with Gasteiger partial charge in [0.25, 0.3) is 5.91 Å². The number of hydrogen-bond donors (Lipinski definition) is 2. The zero-order chi connectivity index (χ0) is 14.8. The van der Waals surface area contributed by atoms with E-state index in [0.29, 0.717) is 5.92 Å². The van der Waals surface area contributed by atoms with Crippen molar-refractivity contribution in [2.45, 2.75) is 38.1 Å². The molecule has 5 heteroatoms. The van der Waals surface area contributed by atoms with E-state index in [-0.39, 0.29) is 17.2 Å². The van der Waals surface area contributed by atoms with Crippen LogP contribution in [0.4, 0.5) is 4.39 Å². The molecule has 0 bridgehead atoms. The summed E-state index contributed by atoms with van der Waals surface area (Å²) in [6, 6.07) is 4.14. The first-order valence-electron chi connectivity index (χ1n) is 6.85. The maximum absolute atomic E-state index is 13.4. The molecule has 1 aromatic carbocycles. The molecular weight excluding hydrogens is 281 g/mol. The standard InChI is InChI=1S/C15H19ClFNO2/c1-10-5-7-15(9-19,8-6-10)18-14(20)11-3-2-4-12(17)13(11)16/h2-4,10,19H,5-9H2,1H3,(H,18,20). The normalized spacial score (nSPS) is 26.3. The number of aliphatic hydroxyl groups excluding tert-OH is 1. The molecule has 0 atom stereocenters. The van der Waals surface area contributed by atoms with Crippen molar-refractivity contribution in [3.05, 3.63) is 34.6 Å². The molecule has 1 amide bonds. The van der Waals surface area contributed by atoms with Crippen LogP contribution in [0.15, 0.2) is 18.2 Å². The predicted octanol–water partition coefficient (Wildman–Crippen LogP) is 3.15. The maximum Gasteiger partial charge on any atom is 0.253 e. The second-order valence-corrected chi connectivity index (χ2v) is 6.05. The minimum absolute atomic E-state index is 0.109. The minimum atomic E-state index is -0.616. The van der Waals surface area contributed by atoms with Gasteiger partial charge < -0.3 is 10.4 Å². The summed E-state index contributed by atoms with van der Waals surface area (Å²) in [5.74, 6) is -0.447. The number of halogens is 2. The highest BCUT2D eigenvalue weighted by Gasteiger charge is 2.35. The Balaban J connectivity index is 2.15. The van der Waals surface area contributed by atoms with Crippen molar-refractivity contribution >= 4 is 17.5 Å². The molecule has 20 heavy (non-hydrogen) atoms. The molecule has 1 aliphatic carbocycles.